The van der Waals surface area contributed by atoms with E-state index in [1.807, 2.05) is 18.3 Å². The maximum Gasteiger partial charge on any atom is 0.0925 e. The van der Waals surface area contributed by atoms with Crippen molar-refractivity contribution in [1.29, 1.82) is 0 Å². The quantitative estimate of drug-likeness (QED) is 0.851. The van der Waals surface area contributed by atoms with Crippen LogP contribution in [-0.2, 0) is 19.4 Å². The molecule has 1 unspecified atom stereocenters. The number of nitrogens with zero attached hydrogens (tertiary/aromatic N) is 3. The second-order valence-corrected chi connectivity index (χ2v) is 5.44. The van der Waals surface area contributed by atoms with E-state index in [-0.39, 0.29) is 0 Å². The first-order valence-electron chi connectivity index (χ1n) is 7.14. The van der Waals surface area contributed by atoms with Gasteiger partial charge in [-0.1, -0.05) is 6.07 Å². The molecule has 2 aromatic rings. The van der Waals surface area contributed by atoms with E-state index in [1.165, 1.54) is 11.4 Å². The molecule has 0 spiro atoms. The molecule has 0 aliphatic carbocycles. The summed E-state index contributed by atoms with van der Waals surface area (Å²) in [5.74, 6) is 0. The summed E-state index contributed by atoms with van der Waals surface area (Å²) in [5, 5.41) is 3.56. The Morgan fingerprint density at radius 1 is 1.35 bits per heavy atom. The molecule has 0 saturated heterocycles. The van der Waals surface area contributed by atoms with Crippen molar-refractivity contribution in [2.45, 2.75) is 25.4 Å². The summed E-state index contributed by atoms with van der Waals surface area (Å²) < 4.78 is 0. The minimum Gasteiger partial charge on any atom is -0.347 e. The van der Waals surface area contributed by atoms with Crippen molar-refractivity contribution in [2.24, 2.45) is 0 Å². The summed E-state index contributed by atoms with van der Waals surface area (Å²) in [6, 6.07) is 6.58. The van der Waals surface area contributed by atoms with Gasteiger partial charge in [-0.15, -0.1) is 0 Å². The molecule has 1 aliphatic rings. The van der Waals surface area contributed by atoms with Gasteiger partial charge in [0.2, 0.25) is 0 Å². The molecule has 0 radical (unpaired) electrons. The predicted octanol–water partition coefficient (Wildman–Crippen LogP) is 0.993. The summed E-state index contributed by atoms with van der Waals surface area (Å²) >= 11 is 0. The van der Waals surface area contributed by atoms with Gasteiger partial charge in [-0.05, 0) is 19.2 Å². The van der Waals surface area contributed by atoms with Crippen LogP contribution in [0.15, 0.2) is 30.7 Å². The number of hydrogen-bond donors (Lipinski definition) is 2. The highest BCUT2D eigenvalue weighted by Crippen LogP contribution is 2.12. The fraction of sp³-hybridized carbons (Fsp3) is 0.467. The Balaban J connectivity index is 1.46. The van der Waals surface area contributed by atoms with Crippen molar-refractivity contribution < 1.29 is 0 Å². The van der Waals surface area contributed by atoms with Crippen molar-refractivity contribution in [3.63, 3.8) is 0 Å². The summed E-state index contributed by atoms with van der Waals surface area (Å²) in [6.45, 7) is 2.97. The van der Waals surface area contributed by atoms with Crippen molar-refractivity contribution in [1.82, 2.24) is 25.2 Å². The third-order valence-corrected chi connectivity index (χ3v) is 3.82. The van der Waals surface area contributed by atoms with Gasteiger partial charge >= 0.3 is 0 Å². The molecule has 5 nitrogen and oxygen atoms in total. The van der Waals surface area contributed by atoms with Gasteiger partial charge in [0, 0.05) is 50.4 Å². The van der Waals surface area contributed by atoms with E-state index in [2.05, 4.69) is 38.3 Å². The lowest BCUT2D eigenvalue weighted by Gasteiger charge is -2.27. The number of hydrogen-bond acceptors (Lipinski definition) is 4. The van der Waals surface area contributed by atoms with Gasteiger partial charge in [-0.2, -0.15) is 0 Å². The Hall–Kier alpha value is -1.72. The molecule has 106 valence electrons. The van der Waals surface area contributed by atoms with Gasteiger partial charge in [0.1, 0.15) is 0 Å². The third-order valence-electron chi connectivity index (χ3n) is 3.82. The molecule has 3 rings (SSSR count). The van der Waals surface area contributed by atoms with Crippen molar-refractivity contribution >= 4 is 0 Å². The second kappa shape index (κ2) is 6.15. The molecule has 5 heteroatoms. The first-order chi connectivity index (χ1) is 9.81. The Morgan fingerprint density at radius 2 is 2.30 bits per heavy atom. The summed E-state index contributed by atoms with van der Waals surface area (Å²) in [5.41, 5.74) is 3.61. The average Bonchev–Trinajstić information content (AvgIpc) is 2.94. The highest BCUT2D eigenvalue weighted by Gasteiger charge is 2.20. The van der Waals surface area contributed by atoms with Crippen LogP contribution < -0.4 is 5.32 Å². The smallest absolute Gasteiger partial charge is 0.0925 e. The van der Waals surface area contributed by atoms with Crippen LogP contribution >= 0.6 is 0 Å². The summed E-state index contributed by atoms with van der Waals surface area (Å²) in [4.78, 5) is 14.3. The van der Waals surface area contributed by atoms with E-state index >= 15 is 0 Å². The molecule has 0 aromatic carbocycles. The zero-order chi connectivity index (χ0) is 13.8. The topological polar surface area (TPSA) is 56.8 Å². The number of aromatic nitrogens is 3. The van der Waals surface area contributed by atoms with Crippen LogP contribution in [-0.4, -0.2) is 46.0 Å². The lowest BCUT2D eigenvalue weighted by atomic mass is 10.1. The van der Waals surface area contributed by atoms with E-state index in [0.29, 0.717) is 6.04 Å². The van der Waals surface area contributed by atoms with Crippen molar-refractivity contribution in [2.75, 3.05) is 20.1 Å². The van der Waals surface area contributed by atoms with E-state index in [9.17, 15) is 0 Å². The summed E-state index contributed by atoms with van der Waals surface area (Å²) in [6.07, 6.45) is 5.65. The Morgan fingerprint density at radius 3 is 3.15 bits per heavy atom. The molecule has 2 aromatic heterocycles. The van der Waals surface area contributed by atoms with Crippen LogP contribution in [0.25, 0.3) is 0 Å². The molecule has 0 fully saturated rings. The molecule has 1 aliphatic heterocycles. The average molecular weight is 271 g/mol. The van der Waals surface area contributed by atoms with E-state index < -0.39 is 0 Å². The largest absolute Gasteiger partial charge is 0.347 e. The van der Waals surface area contributed by atoms with Crippen molar-refractivity contribution in [3.05, 3.63) is 47.8 Å². The molecular weight excluding hydrogens is 250 g/mol. The number of likely N-dealkylation sites (N-methyl/N-ethyl adjacent to an activating group) is 1. The van der Waals surface area contributed by atoms with Gasteiger partial charge in [0.25, 0.3) is 0 Å². The Labute approximate surface area is 119 Å². The van der Waals surface area contributed by atoms with Gasteiger partial charge in [-0.25, -0.2) is 4.98 Å². The van der Waals surface area contributed by atoms with Crippen LogP contribution in [0.1, 0.15) is 17.1 Å². The minimum atomic E-state index is 0.486. The molecule has 3 heterocycles. The van der Waals surface area contributed by atoms with Crippen LogP contribution in [0.3, 0.4) is 0 Å². The molecule has 0 bridgehead atoms. The maximum atomic E-state index is 4.38. The Bertz CT molecular complexity index is 536. The van der Waals surface area contributed by atoms with E-state index in [1.54, 1.807) is 6.33 Å². The predicted molar refractivity (Wildman–Crippen MR) is 78.4 cm³/mol. The second-order valence-electron chi connectivity index (χ2n) is 5.44. The third kappa shape index (κ3) is 3.23. The lowest BCUT2D eigenvalue weighted by Crippen LogP contribution is -2.44. The van der Waals surface area contributed by atoms with E-state index in [4.69, 9.17) is 0 Å². The van der Waals surface area contributed by atoms with Crippen LogP contribution in [0.5, 0.6) is 0 Å². The zero-order valence-corrected chi connectivity index (χ0v) is 11.8. The fourth-order valence-electron chi connectivity index (χ4n) is 2.68. The van der Waals surface area contributed by atoms with Crippen LogP contribution in [0, 0.1) is 0 Å². The monoisotopic (exact) mass is 271 g/mol. The molecule has 2 N–H and O–H groups in total. The minimum absolute atomic E-state index is 0.486. The zero-order valence-electron chi connectivity index (χ0n) is 11.8. The van der Waals surface area contributed by atoms with Crippen LogP contribution in [0.4, 0.5) is 0 Å². The molecule has 1 atom stereocenters. The van der Waals surface area contributed by atoms with Gasteiger partial charge < -0.3 is 15.2 Å². The number of nitrogens with one attached hydrogen (secondary N) is 2. The summed E-state index contributed by atoms with van der Waals surface area (Å²) in [7, 11) is 2.17. The van der Waals surface area contributed by atoms with Gasteiger partial charge in [0.05, 0.1) is 17.7 Å². The molecule has 0 saturated carbocycles. The number of fused-ring (bicyclic) bond motifs is 1. The highest BCUT2D eigenvalue weighted by atomic mass is 15.1. The first-order valence-corrected chi connectivity index (χ1v) is 7.14. The number of pyridine rings is 1. The standard InChI is InChI=1S/C15H21N5/c1-20(7-5-12-4-2-3-6-16-12)10-13-8-14-15(9-17-13)19-11-18-14/h2-4,6,11,13,17H,5,7-10H2,1H3,(H,18,19). The first kappa shape index (κ1) is 13.3. The maximum absolute atomic E-state index is 4.38. The number of aromatic amines is 1. The lowest BCUT2D eigenvalue weighted by molar-refractivity contribution is 0.281. The number of imidazole rings is 1. The molecular formula is C15H21N5. The number of rotatable bonds is 5. The normalized spacial score (nSPS) is 18.2. The Kier molecular flexibility index (Phi) is 4.08. The molecule has 0 amide bonds. The highest BCUT2D eigenvalue weighted by molar-refractivity contribution is 5.16. The van der Waals surface area contributed by atoms with Gasteiger partial charge in [0.15, 0.2) is 0 Å². The van der Waals surface area contributed by atoms with E-state index in [0.717, 1.165) is 38.2 Å². The van der Waals surface area contributed by atoms with Crippen molar-refractivity contribution in [3.8, 4) is 0 Å². The van der Waals surface area contributed by atoms with Crippen LogP contribution in [0.2, 0.25) is 0 Å². The van der Waals surface area contributed by atoms with Gasteiger partial charge in [-0.3, -0.25) is 4.98 Å². The fourth-order valence-corrected chi connectivity index (χ4v) is 2.68. The number of H-pyrrole nitrogens is 1. The SMILES string of the molecule is CN(CCc1ccccn1)CC1Cc2nc[nH]c2CN1. The molecule has 20 heavy (non-hydrogen) atoms.